The second-order valence-corrected chi connectivity index (χ2v) is 6.05. The fourth-order valence-corrected chi connectivity index (χ4v) is 3.13. The van der Waals surface area contributed by atoms with E-state index in [2.05, 4.69) is 24.1 Å². The standard InChI is InChI=1S/C16H30N2O3/c1-3-18(4-2)12-8-11-17-14(19)13-16(15(20)21)9-6-5-7-10-16/h3-13H2,1-2H3,(H,17,19)(H,20,21). The molecule has 0 saturated heterocycles. The van der Waals surface area contributed by atoms with Crippen molar-refractivity contribution in [2.24, 2.45) is 5.41 Å². The average Bonchev–Trinajstić information content (AvgIpc) is 2.48. The molecular weight excluding hydrogens is 268 g/mol. The maximum absolute atomic E-state index is 12.0. The molecule has 0 aromatic rings. The van der Waals surface area contributed by atoms with Crippen molar-refractivity contribution in [3.63, 3.8) is 0 Å². The van der Waals surface area contributed by atoms with E-state index in [1.54, 1.807) is 0 Å². The lowest BCUT2D eigenvalue weighted by Gasteiger charge is -2.32. The maximum Gasteiger partial charge on any atom is 0.310 e. The molecule has 0 bridgehead atoms. The minimum atomic E-state index is -0.818. The SMILES string of the molecule is CCN(CC)CCCNC(=O)CC1(C(=O)O)CCCCC1. The number of aliphatic carboxylic acids is 1. The van der Waals surface area contributed by atoms with Gasteiger partial charge in [0.2, 0.25) is 5.91 Å². The molecule has 1 saturated carbocycles. The quantitative estimate of drug-likeness (QED) is 0.641. The van der Waals surface area contributed by atoms with Crippen molar-refractivity contribution in [1.29, 1.82) is 0 Å². The first kappa shape index (κ1) is 18.0. The first-order chi connectivity index (χ1) is 10.0. The van der Waals surface area contributed by atoms with Crippen LogP contribution in [0.4, 0.5) is 0 Å². The van der Waals surface area contributed by atoms with E-state index in [9.17, 15) is 14.7 Å². The van der Waals surface area contributed by atoms with Crippen LogP contribution in [0, 0.1) is 5.41 Å². The van der Waals surface area contributed by atoms with Gasteiger partial charge in [0, 0.05) is 13.0 Å². The van der Waals surface area contributed by atoms with Gasteiger partial charge in [-0.05, 0) is 38.9 Å². The predicted octanol–water partition coefficient (Wildman–Crippen LogP) is 2.26. The summed E-state index contributed by atoms with van der Waals surface area (Å²) in [6.45, 7) is 7.89. The fraction of sp³-hybridized carbons (Fsp3) is 0.875. The molecule has 0 aromatic carbocycles. The summed E-state index contributed by atoms with van der Waals surface area (Å²) in [5, 5.41) is 12.3. The van der Waals surface area contributed by atoms with Crippen molar-refractivity contribution < 1.29 is 14.7 Å². The zero-order valence-electron chi connectivity index (χ0n) is 13.5. The summed E-state index contributed by atoms with van der Waals surface area (Å²) in [6.07, 6.45) is 5.23. The number of rotatable bonds is 9. The van der Waals surface area contributed by atoms with Gasteiger partial charge in [-0.25, -0.2) is 0 Å². The van der Waals surface area contributed by atoms with Crippen LogP contribution in [0.1, 0.15) is 58.8 Å². The lowest BCUT2D eigenvalue weighted by Crippen LogP contribution is -2.39. The Balaban J connectivity index is 2.33. The van der Waals surface area contributed by atoms with Gasteiger partial charge < -0.3 is 15.3 Å². The third-order valence-electron chi connectivity index (χ3n) is 4.63. The summed E-state index contributed by atoms with van der Waals surface area (Å²) in [4.78, 5) is 25.9. The van der Waals surface area contributed by atoms with Crippen LogP contribution in [0.15, 0.2) is 0 Å². The third-order valence-corrected chi connectivity index (χ3v) is 4.63. The highest BCUT2D eigenvalue weighted by atomic mass is 16.4. The zero-order chi connectivity index (χ0) is 15.7. The predicted molar refractivity (Wildman–Crippen MR) is 83.2 cm³/mol. The van der Waals surface area contributed by atoms with Crippen LogP contribution >= 0.6 is 0 Å². The highest BCUT2D eigenvalue weighted by Gasteiger charge is 2.41. The zero-order valence-corrected chi connectivity index (χ0v) is 13.5. The molecule has 0 aliphatic heterocycles. The molecule has 1 aliphatic rings. The van der Waals surface area contributed by atoms with Gasteiger partial charge in [-0.15, -0.1) is 0 Å². The topological polar surface area (TPSA) is 69.6 Å². The van der Waals surface area contributed by atoms with Gasteiger partial charge in [-0.3, -0.25) is 9.59 Å². The van der Waals surface area contributed by atoms with E-state index in [0.29, 0.717) is 19.4 Å². The third kappa shape index (κ3) is 5.65. The fourth-order valence-electron chi connectivity index (χ4n) is 3.13. The molecule has 0 atom stereocenters. The van der Waals surface area contributed by atoms with E-state index in [0.717, 1.165) is 45.3 Å². The second kappa shape index (κ2) is 9.03. The molecule has 0 aromatic heterocycles. The molecule has 5 heteroatoms. The van der Waals surface area contributed by atoms with E-state index < -0.39 is 11.4 Å². The van der Waals surface area contributed by atoms with Crippen molar-refractivity contribution in [3.05, 3.63) is 0 Å². The van der Waals surface area contributed by atoms with Crippen molar-refractivity contribution >= 4 is 11.9 Å². The molecule has 21 heavy (non-hydrogen) atoms. The lowest BCUT2D eigenvalue weighted by atomic mass is 9.71. The van der Waals surface area contributed by atoms with Gasteiger partial charge in [0.1, 0.15) is 0 Å². The number of hydrogen-bond donors (Lipinski definition) is 2. The van der Waals surface area contributed by atoms with Gasteiger partial charge in [0.25, 0.3) is 0 Å². The van der Waals surface area contributed by atoms with E-state index in [-0.39, 0.29) is 12.3 Å². The van der Waals surface area contributed by atoms with Crippen LogP contribution in [-0.4, -0.2) is 48.1 Å². The number of carbonyl (C=O) groups is 2. The van der Waals surface area contributed by atoms with Gasteiger partial charge in [-0.2, -0.15) is 0 Å². The second-order valence-electron chi connectivity index (χ2n) is 6.05. The molecule has 1 rings (SSSR count). The molecule has 0 heterocycles. The molecule has 1 aliphatic carbocycles. The van der Waals surface area contributed by atoms with Crippen molar-refractivity contribution in [3.8, 4) is 0 Å². The molecule has 2 N–H and O–H groups in total. The number of amides is 1. The summed E-state index contributed by atoms with van der Waals surface area (Å²) in [7, 11) is 0. The average molecular weight is 298 g/mol. The molecule has 0 unspecified atom stereocenters. The molecular formula is C16H30N2O3. The van der Waals surface area contributed by atoms with E-state index in [4.69, 9.17) is 0 Å². The number of carbonyl (C=O) groups excluding carboxylic acids is 1. The number of carboxylic acids is 1. The van der Waals surface area contributed by atoms with E-state index in [1.807, 2.05) is 0 Å². The van der Waals surface area contributed by atoms with Gasteiger partial charge in [0.05, 0.1) is 5.41 Å². The summed E-state index contributed by atoms with van der Waals surface area (Å²) in [6, 6.07) is 0. The molecule has 5 nitrogen and oxygen atoms in total. The van der Waals surface area contributed by atoms with E-state index >= 15 is 0 Å². The lowest BCUT2D eigenvalue weighted by molar-refractivity contribution is -0.154. The van der Waals surface area contributed by atoms with Crippen molar-refractivity contribution in [1.82, 2.24) is 10.2 Å². The van der Waals surface area contributed by atoms with Crippen LogP contribution in [0.3, 0.4) is 0 Å². The Labute approximate surface area is 128 Å². The van der Waals surface area contributed by atoms with Gasteiger partial charge in [-0.1, -0.05) is 33.1 Å². The van der Waals surface area contributed by atoms with Crippen LogP contribution in [0.5, 0.6) is 0 Å². The van der Waals surface area contributed by atoms with Crippen molar-refractivity contribution in [2.45, 2.75) is 58.8 Å². The number of carboxylic acid groups (broad SMARTS) is 1. The Morgan fingerprint density at radius 2 is 1.76 bits per heavy atom. The molecule has 0 radical (unpaired) electrons. The van der Waals surface area contributed by atoms with Crippen LogP contribution in [-0.2, 0) is 9.59 Å². The van der Waals surface area contributed by atoms with E-state index in [1.165, 1.54) is 0 Å². The number of hydrogen-bond acceptors (Lipinski definition) is 3. The van der Waals surface area contributed by atoms with Gasteiger partial charge >= 0.3 is 5.97 Å². The largest absolute Gasteiger partial charge is 0.481 e. The Kier molecular flexibility index (Phi) is 7.72. The first-order valence-electron chi connectivity index (χ1n) is 8.26. The summed E-state index contributed by atoms with van der Waals surface area (Å²) in [5.41, 5.74) is -0.818. The molecule has 0 spiro atoms. The van der Waals surface area contributed by atoms with Crippen LogP contribution in [0.25, 0.3) is 0 Å². The summed E-state index contributed by atoms with van der Waals surface area (Å²) in [5.74, 6) is -0.917. The monoisotopic (exact) mass is 298 g/mol. The van der Waals surface area contributed by atoms with Crippen LogP contribution < -0.4 is 5.32 Å². The molecule has 1 fully saturated rings. The maximum atomic E-state index is 12.0. The van der Waals surface area contributed by atoms with Crippen LogP contribution in [0.2, 0.25) is 0 Å². The minimum absolute atomic E-state index is 0.112. The molecule has 1 amide bonds. The smallest absolute Gasteiger partial charge is 0.310 e. The Morgan fingerprint density at radius 3 is 2.29 bits per heavy atom. The Morgan fingerprint density at radius 1 is 1.14 bits per heavy atom. The van der Waals surface area contributed by atoms with Crippen molar-refractivity contribution in [2.75, 3.05) is 26.2 Å². The number of nitrogens with zero attached hydrogens (tertiary/aromatic N) is 1. The number of nitrogens with one attached hydrogen (secondary N) is 1. The first-order valence-corrected chi connectivity index (χ1v) is 8.26. The highest BCUT2D eigenvalue weighted by Crippen LogP contribution is 2.39. The molecule has 122 valence electrons. The summed E-state index contributed by atoms with van der Waals surface area (Å²) >= 11 is 0. The normalized spacial score (nSPS) is 17.7. The van der Waals surface area contributed by atoms with Gasteiger partial charge in [0.15, 0.2) is 0 Å². The Hall–Kier alpha value is -1.10. The highest BCUT2D eigenvalue weighted by molar-refractivity contribution is 5.85. The minimum Gasteiger partial charge on any atom is -0.481 e. The summed E-state index contributed by atoms with van der Waals surface area (Å²) < 4.78 is 0. The Bertz CT molecular complexity index is 334.